The molecule has 2 heterocycles. The van der Waals surface area contributed by atoms with Crippen molar-refractivity contribution in [2.24, 2.45) is 0 Å². The highest BCUT2D eigenvalue weighted by atomic mass is 16.6. The van der Waals surface area contributed by atoms with Gasteiger partial charge in [0.25, 0.3) is 0 Å². The summed E-state index contributed by atoms with van der Waals surface area (Å²) in [5.74, 6) is 1.79. The standard InChI is InChI=1S/C18H18N4O2/c1-3-7-15(8-4-1)21-11-13-22(14-12-21)17-18(20-24-19-17)23-16-9-5-2-6-10-16/h1-10H,11-14H2. The van der Waals surface area contributed by atoms with Gasteiger partial charge < -0.3 is 14.5 Å². The van der Waals surface area contributed by atoms with Crippen molar-refractivity contribution in [1.29, 1.82) is 0 Å². The third-order valence-electron chi connectivity index (χ3n) is 4.10. The Morgan fingerprint density at radius 1 is 0.750 bits per heavy atom. The number of benzene rings is 2. The average Bonchev–Trinajstić information content (AvgIpc) is 3.11. The van der Waals surface area contributed by atoms with Crippen LogP contribution in [0.5, 0.6) is 11.6 Å². The van der Waals surface area contributed by atoms with Crippen LogP contribution >= 0.6 is 0 Å². The largest absolute Gasteiger partial charge is 0.434 e. The number of hydrogen-bond acceptors (Lipinski definition) is 6. The van der Waals surface area contributed by atoms with Gasteiger partial charge in [-0.25, -0.2) is 4.63 Å². The number of ether oxygens (including phenoxy) is 1. The van der Waals surface area contributed by atoms with Crippen LogP contribution < -0.4 is 14.5 Å². The molecule has 0 spiro atoms. The highest BCUT2D eigenvalue weighted by Gasteiger charge is 2.24. The smallest absolute Gasteiger partial charge is 0.306 e. The molecule has 122 valence electrons. The number of piperazine rings is 1. The molecule has 4 rings (SSSR count). The number of nitrogens with zero attached hydrogens (tertiary/aromatic N) is 4. The highest BCUT2D eigenvalue weighted by Crippen LogP contribution is 2.29. The molecule has 1 aliphatic heterocycles. The van der Waals surface area contributed by atoms with Gasteiger partial charge in [0, 0.05) is 31.9 Å². The van der Waals surface area contributed by atoms with Crippen LogP contribution in [-0.4, -0.2) is 36.5 Å². The molecule has 24 heavy (non-hydrogen) atoms. The topological polar surface area (TPSA) is 54.6 Å². The molecule has 0 amide bonds. The van der Waals surface area contributed by atoms with Crippen molar-refractivity contribution in [1.82, 2.24) is 10.3 Å². The molecule has 0 bridgehead atoms. The Hall–Kier alpha value is -3.02. The van der Waals surface area contributed by atoms with Gasteiger partial charge in [0.15, 0.2) is 0 Å². The first-order valence-electron chi connectivity index (χ1n) is 8.00. The van der Waals surface area contributed by atoms with E-state index in [9.17, 15) is 0 Å². The fourth-order valence-electron chi connectivity index (χ4n) is 2.85. The lowest BCUT2D eigenvalue weighted by Crippen LogP contribution is -2.46. The molecule has 1 aromatic heterocycles. The fourth-order valence-corrected chi connectivity index (χ4v) is 2.85. The predicted molar refractivity (Wildman–Crippen MR) is 91.7 cm³/mol. The van der Waals surface area contributed by atoms with Crippen molar-refractivity contribution in [3.8, 4) is 11.6 Å². The van der Waals surface area contributed by atoms with Crippen molar-refractivity contribution in [2.75, 3.05) is 36.0 Å². The first kappa shape index (κ1) is 14.6. The van der Waals surface area contributed by atoms with E-state index < -0.39 is 0 Å². The minimum Gasteiger partial charge on any atom is -0.434 e. The second kappa shape index (κ2) is 6.62. The first-order valence-corrected chi connectivity index (χ1v) is 8.00. The van der Waals surface area contributed by atoms with E-state index in [0.717, 1.165) is 31.9 Å². The molecule has 0 radical (unpaired) electrons. The molecule has 0 N–H and O–H groups in total. The van der Waals surface area contributed by atoms with Gasteiger partial charge in [-0.2, -0.15) is 0 Å². The molecule has 1 aliphatic rings. The summed E-state index contributed by atoms with van der Waals surface area (Å²) < 4.78 is 10.7. The zero-order valence-electron chi connectivity index (χ0n) is 13.2. The second-order valence-electron chi connectivity index (χ2n) is 5.62. The zero-order valence-corrected chi connectivity index (χ0v) is 13.2. The minimum atomic E-state index is 0.411. The lowest BCUT2D eigenvalue weighted by molar-refractivity contribution is 0.290. The summed E-state index contributed by atoms with van der Waals surface area (Å²) in [6.45, 7) is 3.52. The summed E-state index contributed by atoms with van der Waals surface area (Å²) in [6, 6.07) is 20.0. The zero-order chi connectivity index (χ0) is 16.2. The van der Waals surface area contributed by atoms with Gasteiger partial charge in [0.05, 0.1) is 0 Å². The summed E-state index contributed by atoms with van der Waals surface area (Å²) in [7, 11) is 0. The normalized spacial score (nSPS) is 14.7. The van der Waals surface area contributed by atoms with Crippen LogP contribution in [0.1, 0.15) is 0 Å². The van der Waals surface area contributed by atoms with Crippen LogP contribution in [0.15, 0.2) is 65.3 Å². The molecule has 0 saturated carbocycles. The lowest BCUT2D eigenvalue weighted by Gasteiger charge is -2.35. The predicted octanol–water partition coefficient (Wildman–Crippen LogP) is 3.19. The maximum Gasteiger partial charge on any atom is 0.306 e. The molecule has 6 heteroatoms. The number of rotatable bonds is 4. The van der Waals surface area contributed by atoms with E-state index in [1.165, 1.54) is 5.69 Å². The van der Waals surface area contributed by atoms with Gasteiger partial charge in [-0.1, -0.05) is 36.4 Å². The van der Waals surface area contributed by atoms with Gasteiger partial charge in [-0.3, -0.25) is 0 Å². The molecule has 0 unspecified atom stereocenters. The van der Waals surface area contributed by atoms with E-state index in [0.29, 0.717) is 11.7 Å². The van der Waals surface area contributed by atoms with Crippen LogP contribution in [-0.2, 0) is 0 Å². The van der Waals surface area contributed by atoms with Crippen LogP contribution in [0, 0.1) is 0 Å². The molecule has 0 atom stereocenters. The highest BCUT2D eigenvalue weighted by molar-refractivity contribution is 5.52. The Morgan fingerprint density at radius 3 is 2.08 bits per heavy atom. The van der Waals surface area contributed by atoms with Gasteiger partial charge >= 0.3 is 5.88 Å². The van der Waals surface area contributed by atoms with E-state index in [1.807, 2.05) is 36.4 Å². The van der Waals surface area contributed by atoms with Gasteiger partial charge in [-0.05, 0) is 34.6 Å². The fraction of sp³-hybridized carbons (Fsp3) is 0.222. The van der Waals surface area contributed by atoms with E-state index in [4.69, 9.17) is 9.37 Å². The summed E-state index contributed by atoms with van der Waals surface area (Å²) in [6.07, 6.45) is 0. The SMILES string of the molecule is c1ccc(Oc2nonc2N2CCN(c3ccccc3)CC2)cc1. The summed E-state index contributed by atoms with van der Waals surface area (Å²) in [5, 5.41) is 7.93. The minimum absolute atomic E-state index is 0.411. The Labute approximate surface area is 140 Å². The average molecular weight is 322 g/mol. The van der Waals surface area contributed by atoms with E-state index in [2.05, 4.69) is 44.4 Å². The molecule has 3 aromatic rings. The summed E-state index contributed by atoms with van der Waals surface area (Å²) >= 11 is 0. The van der Waals surface area contributed by atoms with Crippen LogP contribution in [0.2, 0.25) is 0 Å². The van der Waals surface area contributed by atoms with Crippen molar-refractivity contribution in [2.45, 2.75) is 0 Å². The third kappa shape index (κ3) is 3.03. The molecular weight excluding hydrogens is 304 g/mol. The molecule has 2 aromatic carbocycles. The number of hydrogen-bond donors (Lipinski definition) is 0. The summed E-state index contributed by atoms with van der Waals surface area (Å²) in [4.78, 5) is 4.51. The van der Waals surface area contributed by atoms with Crippen LogP contribution in [0.25, 0.3) is 0 Å². The number of anilines is 2. The van der Waals surface area contributed by atoms with Crippen molar-refractivity contribution in [3.05, 3.63) is 60.7 Å². The van der Waals surface area contributed by atoms with Crippen LogP contribution in [0.4, 0.5) is 11.5 Å². The van der Waals surface area contributed by atoms with Crippen LogP contribution in [0.3, 0.4) is 0 Å². The lowest BCUT2D eigenvalue weighted by atomic mass is 10.2. The molecule has 6 nitrogen and oxygen atoms in total. The Bertz CT molecular complexity index is 768. The van der Waals surface area contributed by atoms with Crippen molar-refractivity contribution >= 4 is 11.5 Å². The maximum absolute atomic E-state index is 5.79. The van der Waals surface area contributed by atoms with Crippen molar-refractivity contribution < 1.29 is 9.37 Å². The van der Waals surface area contributed by atoms with Gasteiger partial charge in [-0.15, -0.1) is 0 Å². The third-order valence-corrected chi connectivity index (χ3v) is 4.10. The first-order chi connectivity index (χ1) is 11.9. The molecule has 1 saturated heterocycles. The monoisotopic (exact) mass is 322 g/mol. The van der Waals surface area contributed by atoms with E-state index in [1.54, 1.807) is 0 Å². The number of aromatic nitrogens is 2. The maximum atomic E-state index is 5.79. The van der Waals surface area contributed by atoms with Gasteiger partial charge in [0.2, 0.25) is 5.82 Å². The number of para-hydroxylation sites is 2. The van der Waals surface area contributed by atoms with Gasteiger partial charge in [0.1, 0.15) is 5.75 Å². The Balaban J connectivity index is 1.44. The van der Waals surface area contributed by atoms with E-state index in [-0.39, 0.29) is 0 Å². The second-order valence-corrected chi connectivity index (χ2v) is 5.62. The Morgan fingerprint density at radius 2 is 1.38 bits per heavy atom. The quantitative estimate of drug-likeness (QED) is 0.735. The van der Waals surface area contributed by atoms with E-state index >= 15 is 0 Å². The Kier molecular flexibility index (Phi) is 4.02. The summed E-state index contributed by atoms with van der Waals surface area (Å²) in [5.41, 5.74) is 1.25. The molecule has 1 fully saturated rings. The molecule has 0 aliphatic carbocycles. The van der Waals surface area contributed by atoms with Crippen molar-refractivity contribution in [3.63, 3.8) is 0 Å². The molecular formula is C18H18N4O2.